The Morgan fingerprint density at radius 3 is 2.18 bits per heavy atom. The summed E-state index contributed by atoms with van der Waals surface area (Å²) in [5.74, 6) is -0.748. The molecule has 8 heteroatoms. The summed E-state index contributed by atoms with van der Waals surface area (Å²) in [6.45, 7) is 2.01. The van der Waals surface area contributed by atoms with Crippen LogP contribution in [0.25, 0.3) is 11.1 Å². The average Bonchev–Trinajstić information content (AvgIpc) is 3.12. The number of carboxylic acid groups (broad SMARTS) is 1. The summed E-state index contributed by atoms with van der Waals surface area (Å²) in [5.41, 5.74) is 4.62. The third-order valence-electron chi connectivity index (χ3n) is 5.76. The molecule has 7 nitrogen and oxygen atoms in total. The van der Waals surface area contributed by atoms with Crippen LogP contribution in [0.1, 0.15) is 43.2 Å². The molecule has 2 atom stereocenters. The van der Waals surface area contributed by atoms with Gasteiger partial charge in [0.2, 0.25) is 5.91 Å². The first kappa shape index (κ1) is 24.6. The standard InChI is InChI=1S/C25H30N2O5S/c1-16(11-12-23(28)27-22(24(29)30)13-14-33-2)26-25(31)32-15-21-19-9-5-3-7-17(19)18-8-4-6-10-20(18)21/h3-10,16,21-22H,11-15H2,1-2H3,(H,26,31)(H,27,28)(H,29,30). The molecule has 0 aromatic heterocycles. The van der Waals surface area contributed by atoms with Gasteiger partial charge in [0.25, 0.3) is 0 Å². The van der Waals surface area contributed by atoms with Crippen LogP contribution in [0.15, 0.2) is 48.5 Å². The van der Waals surface area contributed by atoms with Crippen LogP contribution in [0.2, 0.25) is 0 Å². The van der Waals surface area contributed by atoms with Gasteiger partial charge in [-0.2, -0.15) is 11.8 Å². The van der Waals surface area contributed by atoms with E-state index >= 15 is 0 Å². The lowest BCUT2D eigenvalue weighted by molar-refractivity contribution is -0.141. The number of nitrogens with one attached hydrogen (secondary N) is 2. The SMILES string of the molecule is CSCCC(NC(=O)CCC(C)NC(=O)OCC1c2ccccc2-c2ccccc21)C(=O)O. The van der Waals surface area contributed by atoms with E-state index in [-0.39, 0.29) is 30.9 Å². The fraction of sp³-hybridized carbons (Fsp3) is 0.400. The Hall–Kier alpha value is -3.00. The highest BCUT2D eigenvalue weighted by Crippen LogP contribution is 2.44. The van der Waals surface area contributed by atoms with Crippen molar-refractivity contribution < 1.29 is 24.2 Å². The van der Waals surface area contributed by atoms with Gasteiger partial charge in [0.05, 0.1) is 0 Å². The minimum absolute atomic E-state index is 0.0153. The number of carbonyl (C=O) groups is 3. The van der Waals surface area contributed by atoms with Gasteiger partial charge in [-0.1, -0.05) is 48.5 Å². The van der Waals surface area contributed by atoms with Crippen molar-refractivity contribution in [3.63, 3.8) is 0 Å². The van der Waals surface area contributed by atoms with Crippen LogP contribution in [0, 0.1) is 0 Å². The summed E-state index contributed by atoms with van der Waals surface area (Å²) in [7, 11) is 0. The van der Waals surface area contributed by atoms with Crippen molar-refractivity contribution in [2.24, 2.45) is 0 Å². The lowest BCUT2D eigenvalue weighted by Gasteiger charge is -2.18. The van der Waals surface area contributed by atoms with E-state index in [2.05, 4.69) is 34.9 Å². The highest BCUT2D eigenvalue weighted by molar-refractivity contribution is 7.98. The fourth-order valence-electron chi connectivity index (χ4n) is 4.02. The molecular formula is C25H30N2O5S. The molecule has 0 saturated carbocycles. The van der Waals surface area contributed by atoms with Crippen molar-refractivity contribution in [1.29, 1.82) is 0 Å². The lowest BCUT2D eigenvalue weighted by Crippen LogP contribution is -2.42. The highest BCUT2D eigenvalue weighted by Gasteiger charge is 2.29. The molecule has 33 heavy (non-hydrogen) atoms. The number of aliphatic carboxylic acids is 1. The Morgan fingerprint density at radius 1 is 1.00 bits per heavy atom. The largest absolute Gasteiger partial charge is 0.480 e. The van der Waals surface area contributed by atoms with Crippen LogP contribution in [0.4, 0.5) is 4.79 Å². The Kier molecular flexibility index (Phi) is 8.77. The number of alkyl carbamates (subject to hydrolysis) is 1. The van der Waals surface area contributed by atoms with Gasteiger partial charge in [-0.25, -0.2) is 9.59 Å². The van der Waals surface area contributed by atoms with E-state index < -0.39 is 18.1 Å². The number of fused-ring (bicyclic) bond motifs is 3. The molecule has 1 aliphatic carbocycles. The highest BCUT2D eigenvalue weighted by atomic mass is 32.2. The molecule has 1 aliphatic rings. The molecule has 2 amide bonds. The zero-order valence-electron chi connectivity index (χ0n) is 18.9. The number of carbonyl (C=O) groups excluding carboxylic acids is 2. The third-order valence-corrected chi connectivity index (χ3v) is 6.40. The number of ether oxygens (including phenoxy) is 1. The number of hydrogen-bond acceptors (Lipinski definition) is 5. The van der Waals surface area contributed by atoms with Gasteiger partial charge >= 0.3 is 12.1 Å². The van der Waals surface area contributed by atoms with Gasteiger partial charge in [-0.15, -0.1) is 0 Å². The Morgan fingerprint density at radius 2 is 1.61 bits per heavy atom. The number of thioether (sulfide) groups is 1. The van der Waals surface area contributed by atoms with Crippen molar-refractivity contribution in [1.82, 2.24) is 10.6 Å². The van der Waals surface area contributed by atoms with E-state index in [1.165, 1.54) is 22.9 Å². The molecule has 0 aliphatic heterocycles. The number of amides is 2. The molecule has 2 aromatic rings. The van der Waals surface area contributed by atoms with Gasteiger partial charge in [0.15, 0.2) is 0 Å². The van der Waals surface area contributed by atoms with E-state index in [0.717, 1.165) is 11.1 Å². The Balaban J connectivity index is 1.46. The molecule has 2 aromatic carbocycles. The molecule has 0 radical (unpaired) electrons. The third kappa shape index (κ3) is 6.51. The van der Waals surface area contributed by atoms with Gasteiger partial charge in [0.1, 0.15) is 12.6 Å². The maximum atomic E-state index is 12.4. The number of hydrogen-bond donors (Lipinski definition) is 3. The van der Waals surface area contributed by atoms with Gasteiger partial charge in [0, 0.05) is 18.4 Å². The first-order valence-electron chi connectivity index (χ1n) is 11.0. The molecule has 0 heterocycles. The predicted octanol–water partition coefficient (Wildman–Crippen LogP) is 4.02. The molecule has 176 valence electrons. The topological polar surface area (TPSA) is 105 Å². The summed E-state index contributed by atoms with van der Waals surface area (Å²) in [6, 6.07) is 15.1. The summed E-state index contributed by atoms with van der Waals surface area (Å²) < 4.78 is 5.53. The van der Waals surface area contributed by atoms with Crippen LogP contribution < -0.4 is 10.6 Å². The molecule has 0 bridgehead atoms. The van der Waals surface area contributed by atoms with E-state index in [1.807, 2.05) is 30.5 Å². The number of rotatable bonds is 11. The van der Waals surface area contributed by atoms with Crippen molar-refractivity contribution in [2.75, 3.05) is 18.6 Å². The van der Waals surface area contributed by atoms with E-state index in [0.29, 0.717) is 18.6 Å². The van der Waals surface area contributed by atoms with Crippen molar-refractivity contribution in [2.45, 2.75) is 44.2 Å². The Labute approximate surface area is 198 Å². The van der Waals surface area contributed by atoms with Crippen LogP contribution in [0.3, 0.4) is 0 Å². The minimum Gasteiger partial charge on any atom is -0.480 e. The monoisotopic (exact) mass is 470 g/mol. The molecule has 3 N–H and O–H groups in total. The van der Waals surface area contributed by atoms with E-state index in [4.69, 9.17) is 4.74 Å². The summed E-state index contributed by atoms with van der Waals surface area (Å²) in [4.78, 5) is 35.7. The molecule has 0 saturated heterocycles. The summed E-state index contributed by atoms with van der Waals surface area (Å²) in [5, 5.41) is 14.5. The molecule has 2 unspecified atom stereocenters. The molecule has 0 spiro atoms. The van der Waals surface area contributed by atoms with Crippen molar-refractivity contribution in [3.05, 3.63) is 59.7 Å². The second-order valence-corrected chi connectivity index (χ2v) is 9.14. The average molecular weight is 471 g/mol. The second kappa shape index (κ2) is 11.7. The number of benzene rings is 2. The van der Waals surface area contributed by atoms with Crippen molar-refractivity contribution >= 4 is 29.7 Å². The second-order valence-electron chi connectivity index (χ2n) is 8.15. The molecule has 0 fully saturated rings. The van der Waals surface area contributed by atoms with Gasteiger partial charge in [-0.3, -0.25) is 4.79 Å². The van der Waals surface area contributed by atoms with Crippen LogP contribution >= 0.6 is 11.8 Å². The van der Waals surface area contributed by atoms with Crippen LogP contribution in [-0.2, 0) is 14.3 Å². The zero-order valence-corrected chi connectivity index (χ0v) is 19.7. The number of carboxylic acids is 1. The van der Waals surface area contributed by atoms with E-state index in [9.17, 15) is 19.5 Å². The first-order valence-corrected chi connectivity index (χ1v) is 12.4. The van der Waals surface area contributed by atoms with Crippen molar-refractivity contribution in [3.8, 4) is 11.1 Å². The summed E-state index contributed by atoms with van der Waals surface area (Å²) >= 11 is 1.53. The van der Waals surface area contributed by atoms with E-state index in [1.54, 1.807) is 6.92 Å². The van der Waals surface area contributed by atoms with Gasteiger partial charge in [-0.05, 0) is 54.0 Å². The maximum Gasteiger partial charge on any atom is 0.407 e. The fourth-order valence-corrected chi connectivity index (χ4v) is 4.49. The predicted molar refractivity (Wildman–Crippen MR) is 129 cm³/mol. The Bertz CT molecular complexity index is 951. The normalized spacial score (nSPS) is 14.0. The van der Waals surface area contributed by atoms with Gasteiger partial charge < -0.3 is 20.5 Å². The lowest BCUT2D eigenvalue weighted by atomic mass is 9.98. The first-order chi connectivity index (χ1) is 15.9. The minimum atomic E-state index is -1.04. The smallest absolute Gasteiger partial charge is 0.407 e. The zero-order chi connectivity index (χ0) is 23.8. The van der Waals surface area contributed by atoms with Crippen LogP contribution in [-0.4, -0.2) is 53.8 Å². The molecular weight excluding hydrogens is 440 g/mol. The molecule has 3 rings (SSSR count). The summed E-state index contributed by atoms with van der Waals surface area (Å²) in [6.07, 6.45) is 2.22. The van der Waals surface area contributed by atoms with Crippen LogP contribution in [0.5, 0.6) is 0 Å². The quantitative estimate of drug-likeness (QED) is 0.458. The maximum absolute atomic E-state index is 12.4.